The van der Waals surface area contributed by atoms with E-state index in [4.69, 9.17) is 16.0 Å². The molecular formula is C19H18ClN5O2. The first kappa shape index (κ1) is 17.4. The minimum absolute atomic E-state index is 0.0845. The number of nitrogens with zero attached hydrogens (tertiary/aromatic N) is 4. The van der Waals surface area contributed by atoms with Crippen molar-refractivity contribution in [3.63, 3.8) is 0 Å². The Balaban J connectivity index is 1.40. The quantitative estimate of drug-likeness (QED) is 0.744. The van der Waals surface area contributed by atoms with Gasteiger partial charge in [-0.3, -0.25) is 4.79 Å². The normalized spacial score (nSPS) is 14.3. The van der Waals surface area contributed by atoms with Gasteiger partial charge in [0.1, 0.15) is 5.82 Å². The summed E-state index contributed by atoms with van der Waals surface area (Å²) in [5.74, 6) is 1.63. The monoisotopic (exact) mass is 383 g/mol. The Labute approximate surface area is 161 Å². The maximum absolute atomic E-state index is 12.3. The third kappa shape index (κ3) is 4.03. The summed E-state index contributed by atoms with van der Waals surface area (Å²) in [6.07, 6.45) is 3.23. The molecule has 0 spiro atoms. The first-order chi connectivity index (χ1) is 13.2. The van der Waals surface area contributed by atoms with Crippen molar-refractivity contribution in [2.75, 3.05) is 36.4 Å². The number of aromatic nitrogens is 2. The minimum Gasteiger partial charge on any atom is -0.459 e. The lowest BCUT2D eigenvalue weighted by Gasteiger charge is -2.34. The van der Waals surface area contributed by atoms with Gasteiger partial charge in [0.15, 0.2) is 5.76 Å². The van der Waals surface area contributed by atoms with Gasteiger partial charge >= 0.3 is 0 Å². The van der Waals surface area contributed by atoms with E-state index in [2.05, 4.69) is 20.2 Å². The summed E-state index contributed by atoms with van der Waals surface area (Å²) >= 11 is 5.91. The van der Waals surface area contributed by atoms with Crippen molar-refractivity contribution >= 4 is 35.0 Å². The molecule has 1 N–H and O–H groups in total. The molecule has 0 radical (unpaired) electrons. The summed E-state index contributed by atoms with van der Waals surface area (Å²) in [6.45, 7) is 2.52. The van der Waals surface area contributed by atoms with E-state index < -0.39 is 0 Å². The Hall–Kier alpha value is -3.06. The number of anilines is 3. The van der Waals surface area contributed by atoms with Crippen LogP contribution in [0.1, 0.15) is 10.6 Å². The number of amides is 1. The lowest BCUT2D eigenvalue weighted by atomic mass is 10.3. The first-order valence-corrected chi connectivity index (χ1v) is 9.00. The number of piperazine rings is 1. The Bertz CT molecular complexity index is 906. The number of halogens is 1. The topological polar surface area (TPSA) is 74.5 Å². The number of carbonyl (C=O) groups is 1. The molecule has 1 aliphatic heterocycles. The zero-order valence-corrected chi connectivity index (χ0v) is 15.3. The van der Waals surface area contributed by atoms with Crippen LogP contribution < -0.4 is 10.2 Å². The summed E-state index contributed by atoms with van der Waals surface area (Å²) in [6, 6.07) is 12.6. The number of rotatable bonds is 4. The Morgan fingerprint density at radius 3 is 2.56 bits per heavy atom. The lowest BCUT2D eigenvalue weighted by Crippen LogP contribution is -2.49. The number of benzene rings is 1. The second-order valence-electron chi connectivity index (χ2n) is 6.13. The largest absolute Gasteiger partial charge is 0.459 e. The van der Waals surface area contributed by atoms with Crippen LogP contribution in [0.4, 0.5) is 17.5 Å². The molecule has 1 fully saturated rings. The van der Waals surface area contributed by atoms with Crippen molar-refractivity contribution in [3.8, 4) is 0 Å². The maximum Gasteiger partial charge on any atom is 0.289 e. The van der Waals surface area contributed by atoms with Gasteiger partial charge in [0.25, 0.3) is 5.91 Å². The van der Waals surface area contributed by atoms with Crippen LogP contribution in [0.25, 0.3) is 0 Å². The van der Waals surface area contributed by atoms with Crippen LogP contribution in [0.5, 0.6) is 0 Å². The highest BCUT2D eigenvalue weighted by molar-refractivity contribution is 6.30. The van der Waals surface area contributed by atoms with Crippen molar-refractivity contribution in [2.24, 2.45) is 0 Å². The molecule has 1 aromatic carbocycles. The van der Waals surface area contributed by atoms with Crippen LogP contribution in [-0.4, -0.2) is 47.0 Å². The molecule has 1 aliphatic rings. The van der Waals surface area contributed by atoms with Crippen molar-refractivity contribution in [1.82, 2.24) is 14.9 Å². The van der Waals surface area contributed by atoms with Crippen LogP contribution in [0.3, 0.4) is 0 Å². The Kier molecular flexibility index (Phi) is 4.93. The van der Waals surface area contributed by atoms with Gasteiger partial charge in [-0.2, -0.15) is 4.98 Å². The number of hydrogen-bond acceptors (Lipinski definition) is 6. The fourth-order valence-corrected chi connectivity index (χ4v) is 3.04. The number of carbonyl (C=O) groups excluding carboxylic acids is 1. The Morgan fingerprint density at radius 2 is 1.85 bits per heavy atom. The van der Waals surface area contributed by atoms with Crippen LogP contribution in [0.15, 0.2) is 59.3 Å². The molecule has 138 valence electrons. The number of furan rings is 1. The number of nitrogens with one attached hydrogen (secondary N) is 1. The fourth-order valence-electron chi connectivity index (χ4n) is 2.92. The SMILES string of the molecule is O=C(c1ccco1)N1CCN(c2nccc(Nc3ccc(Cl)cc3)n2)CC1. The molecule has 3 heterocycles. The van der Waals surface area contributed by atoms with Crippen LogP contribution in [0.2, 0.25) is 5.02 Å². The van der Waals surface area contributed by atoms with Crippen LogP contribution in [-0.2, 0) is 0 Å². The van der Waals surface area contributed by atoms with Gasteiger partial charge in [0, 0.05) is 43.1 Å². The predicted octanol–water partition coefficient (Wildman–Crippen LogP) is 3.43. The first-order valence-electron chi connectivity index (χ1n) is 8.62. The molecule has 2 aromatic heterocycles. The highest BCUT2D eigenvalue weighted by atomic mass is 35.5. The Morgan fingerprint density at radius 1 is 1.07 bits per heavy atom. The van der Waals surface area contributed by atoms with Crippen LogP contribution >= 0.6 is 11.6 Å². The van der Waals surface area contributed by atoms with Gasteiger partial charge in [-0.1, -0.05) is 11.6 Å². The van der Waals surface area contributed by atoms with E-state index in [0.29, 0.717) is 48.7 Å². The summed E-state index contributed by atoms with van der Waals surface area (Å²) in [7, 11) is 0. The molecule has 8 heteroatoms. The van der Waals surface area contributed by atoms with Gasteiger partial charge in [0.2, 0.25) is 5.95 Å². The summed E-state index contributed by atoms with van der Waals surface area (Å²) < 4.78 is 5.19. The molecule has 1 amide bonds. The molecule has 0 bridgehead atoms. The van der Waals surface area contributed by atoms with Gasteiger partial charge < -0.3 is 19.5 Å². The molecule has 1 saturated heterocycles. The van der Waals surface area contributed by atoms with Gasteiger partial charge in [-0.15, -0.1) is 0 Å². The van der Waals surface area contributed by atoms with E-state index in [-0.39, 0.29) is 5.91 Å². The van der Waals surface area contributed by atoms with Crippen molar-refractivity contribution in [1.29, 1.82) is 0 Å². The van der Waals surface area contributed by atoms with Crippen molar-refractivity contribution in [2.45, 2.75) is 0 Å². The highest BCUT2D eigenvalue weighted by Gasteiger charge is 2.24. The molecule has 7 nitrogen and oxygen atoms in total. The van der Waals surface area contributed by atoms with E-state index in [1.807, 2.05) is 30.3 Å². The van der Waals surface area contributed by atoms with Gasteiger partial charge in [0.05, 0.1) is 6.26 Å². The third-order valence-corrected chi connectivity index (χ3v) is 4.59. The second kappa shape index (κ2) is 7.67. The highest BCUT2D eigenvalue weighted by Crippen LogP contribution is 2.20. The second-order valence-corrected chi connectivity index (χ2v) is 6.57. The molecule has 0 atom stereocenters. The zero-order valence-electron chi connectivity index (χ0n) is 14.5. The van der Waals surface area contributed by atoms with Crippen molar-refractivity contribution in [3.05, 3.63) is 65.7 Å². The standard InChI is InChI=1S/C19H18ClN5O2/c20-14-3-5-15(6-4-14)22-17-7-8-21-19(23-17)25-11-9-24(10-12-25)18(26)16-2-1-13-27-16/h1-8,13H,9-12H2,(H,21,22,23). The van der Waals surface area contributed by atoms with E-state index in [1.165, 1.54) is 6.26 Å². The average molecular weight is 384 g/mol. The van der Waals surface area contributed by atoms with E-state index in [1.54, 1.807) is 23.2 Å². The number of hydrogen-bond donors (Lipinski definition) is 1. The van der Waals surface area contributed by atoms with E-state index >= 15 is 0 Å². The molecule has 3 aromatic rings. The van der Waals surface area contributed by atoms with Crippen molar-refractivity contribution < 1.29 is 9.21 Å². The smallest absolute Gasteiger partial charge is 0.289 e. The zero-order chi connectivity index (χ0) is 18.6. The minimum atomic E-state index is -0.0845. The van der Waals surface area contributed by atoms with Crippen LogP contribution in [0, 0.1) is 0 Å². The van der Waals surface area contributed by atoms with Gasteiger partial charge in [-0.25, -0.2) is 4.98 Å². The molecule has 4 rings (SSSR count). The molecule has 0 aliphatic carbocycles. The fraction of sp³-hybridized carbons (Fsp3) is 0.211. The third-order valence-electron chi connectivity index (χ3n) is 4.34. The van der Waals surface area contributed by atoms with Gasteiger partial charge in [-0.05, 0) is 42.5 Å². The molecule has 0 unspecified atom stereocenters. The molecular weight excluding hydrogens is 366 g/mol. The summed E-state index contributed by atoms with van der Waals surface area (Å²) in [5, 5.41) is 3.93. The average Bonchev–Trinajstić information content (AvgIpc) is 3.24. The lowest BCUT2D eigenvalue weighted by molar-refractivity contribution is 0.0714. The summed E-state index contributed by atoms with van der Waals surface area (Å²) in [5.41, 5.74) is 0.901. The summed E-state index contributed by atoms with van der Waals surface area (Å²) in [4.78, 5) is 25.2. The molecule has 27 heavy (non-hydrogen) atoms. The van der Waals surface area contributed by atoms with E-state index in [9.17, 15) is 4.79 Å². The maximum atomic E-state index is 12.3. The molecule has 0 saturated carbocycles. The van der Waals surface area contributed by atoms with E-state index in [0.717, 1.165) is 5.69 Å². The predicted molar refractivity (Wildman–Crippen MR) is 104 cm³/mol.